The van der Waals surface area contributed by atoms with Gasteiger partial charge in [0, 0.05) is 12.1 Å². The monoisotopic (exact) mass is 268 g/mol. The highest BCUT2D eigenvalue weighted by atomic mass is 16.2. The van der Waals surface area contributed by atoms with Gasteiger partial charge in [-0.05, 0) is 39.0 Å². The molecule has 0 aromatic carbocycles. The van der Waals surface area contributed by atoms with E-state index in [2.05, 4.69) is 31.4 Å². The lowest BCUT2D eigenvalue weighted by Crippen LogP contribution is -2.49. The molecule has 1 amide bonds. The van der Waals surface area contributed by atoms with Crippen molar-refractivity contribution in [2.45, 2.75) is 90.8 Å². The fourth-order valence-electron chi connectivity index (χ4n) is 2.91. The Hall–Kier alpha value is -0.570. The molecule has 0 aromatic heterocycles. The van der Waals surface area contributed by atoms with Gasteiger partial charge in [0.15, 0.2) is 0 Å². The van der Waals surface area contributed by atoms with Crippen molar-refractivity contribution in [3.05, 3.63) is 0 Å². The van der Waals surface area contributed by atoms with E-state index in [1.807, 2.05) is 6.92 Å². The lowest BCUT2D eigenvalue weighted by molar-refractivity contribution is -0.123. The number of hydrogen-bond donors (Lipinski definition) is 2. The Labute approximate surface area is 118 Å². The average molecular weight is 268 g/mol. The summed E-state index contributed by atoms with van der Waals surface area (Å²) in [6, 6.07) is 0.735. The highest BCUT2D eigenvalue weighted by molar-refractivity contribution is 5.81. The van der Waals surface area contributed by atoms with Crippen LogP contribution in [-0.2, 0) is 4.79 Å². The second-order valence-corrected chi connectivity index (χ2v) is 6.38. The van der Waals surface area contributed by atoms with E-state index in [9.17, 15) is 4.79 Å². The van der Waals surface area contributed by atoms with Crippen LogP contribution in [-0.4, -0.2) is 24.0 Å². The molecule has 3 nitrogen and oxygen atoms in total. The van der Waals surface area contributed by atoms with Crippen LogP contribution in [0.25, 0.3) is 0 Å². The third-order valence-electron chi connectivity index (χ3n) is 4.33. The van der Waals surface area contributed by atoms with Crippen LogP contribution >= 0.6 is 0 Å². The minimum absolute atomic E-state index is 0.0824. The van der Waals surface area contributed by atoms with Crippen molar-refractivity contribution in [1.29, 1.82) is 0 Å². The summed E-state index contributed by atoms with van der Waals surface area (Å²) in [6.45, 7) is 8.64. The average Bonchev–Trinajstić information content (AvgIpc) is 2.39. The molecule has 1 aliphatic carbocycles. The van der Waals surface area contributed by atoms with Gasteiger partial charge in [-0.2, -0.15) is 0 Å². The molecule has 3 atom stereocenters. The van der Waals surface area contributed by atoms with Crippen LogP contribution in [0.4, 0.5) is 0 Å². The van der Waals surface area contributed by atoms with Crippen LogP contribution in [0.1, 0.15) is 72.6 Å². The van der Waals surface area contributed by atoms with Gasteiger partial charge in [0.1, 0.15) is 0 Å². The van der Waals surface area contributed by atoms with Gasteiger partial charge in [0.05, 0.1) is 6.04 Å². The second-order valence-electron chi connectivity index (χ2n) is 6.38. The Morgan fingerprint density at radius 1 is 1.16 bits per heavy atom. The van der Waals surface area contributed by atoms with E-state index in [1.54, 1.807) is 0 Å². The molecule has 3 heteroatoms. The third kappa shape index (κ3) is 6.42. The van der Waals surface area contributed by atoms with Gasteiger partial charge in [-0.1, -0.05) is 39.5 Å². The first-order valence-corrected chi connectivity index (χ1v) is 8.09. The van der Waals surface area contributed by atoms with Crippen molar-refractivity contribution in [2.75, 3.05) is 0 Å². The number of hydrogen-bond acceptors (Lipinski definition) is 2. The molecule has 0 saturated heterocycles. The van der Waals surface area contributed by atoms with Crippen molar-refractivity contribution >= 4 is 5.91 Å². The van der Waals surface area contributed by atoms with Gasteiger partial charge in [0.25, 0.3) is 0 Å². The van der Waals surface area contributed by atoms with Gasteiger partial charge in [-0.25, -0.2) is 0 Å². The van der Waals surface area contributed by atoms with E-state index in [0.29, 0.717) is 12.1 Å². The van der Waals surface area contributed by atoms with Gasteiger partial charge in [0.2, 0.25) is 5.91 Å². The van der Waals surface area contributed by atoms with E-state index < -0.39 is 0 Å². The van der Waals surface area contributed by atoms with Crippen LogP contribution < -0.4 is 10.6 Å². The summed E-state index contributed by atoms with van der Waals surface area (Å²) < 4.78 is 0. The van der Waals surface area contributed by atoms with Crippen molar-refractivity contribution < 1.29 is 4.79 Å². The summed E-state index contributed by atoms with van der Waals surface area (Å²) in [6.07, 6.45) is 8.49. The van der Waals surface area contributed by atoms with Crippen molar-refractivity contribution in [2.24, 2.45) is 5.92 Å². The van der Waals surface area contributed by atoms with Gasteiger partial charge < -0.3 is 10.6 Å². The molecule has 1 rings (SSSR count). The van der Waals surface area contributed by atoms with Gasteiger partial charge in [-0.15, -0.1) is 0 Å². The van der Waals surface area contributed by atoms with Crippen LogP contribution in [0.15, 0.2) is 0 Å². The smallest absolute Gasteiger partial charge is 0.237 e. The third-order valence-corrected chi connectivity index (χ3v) is 4.33. The van der Waals surface area contributed by atoms with Crippen molar-refractivity contribution in [3.8, 4) is 0 Å². The van der Waals surface area contributed by atoms with Crippen LogP contribution in [0.5, 0.6) is 0 Å². The molecular weight excluding hydrogens is 236 g/mol. The summed E-state index contributed by atoms with van der Waals surface area (Å²) in [5.41, 5.74) is 0. The summed E-state index contributed by atoms with van der Waals surface area (Å²) in [5, 5.41) is 6.61. The second kappa shape index (κ2) is 8.57. The maximum atomic E-state index is 12.1. The Bertz CT molecular complexity index is 261. The maximum absolute atomic E-state index is 12.1. The lowest BCUT2D eigenvalue weighted by atomic mass is 9.95. The first-order valence-electron chi connectivity index (χ1n) is 8.09. The molecule has 3 unspecified atom stereocenters. The first kappa shape index (κ1) is 16.5. The number of amides is 1. The number of nitrogens with one attached hydrogen (secondary N) is 2. The zero-order valence-corrected chi connectivity index (χ0v) is 13.2. The molecule has 1 aliphatic rings. The van der Waals surface area contributed by atoms with Crippen LogP contribution in [0.3, 0.4) is 0 Å². The first-order chi connectivity index (χ1) is 9.02. The summed E-state index contributed by atoms with van der Waals surface area (Å²) in [4.78, 5) is 12.1. The van der Waals surface area contributed by atoms with E-state index in [4.69, 9.17) is 0 Å². The molecular formula is C16H32N2O. The van der Waals surface area contributed by atoms with E-state index in [-0.39, 0.29) is 11.9 Å². The Morgan fingerprint density at radius 2 is 1.79 bits per heavy atom. The minimum Gasteiger partial charge on any atom is -0.352 e. The number of carbonyl (C=O) groups is 1. The van der Waals surface area contributed by atoms with Crippen LogP contribution in [0.2, 0.25) is 0 Å². The minimum atomic E-state index is -0.0824. The molecule has 0 aliphatic heterocycles. The molecule has 0 bridgehead atoms. The maximum Gasteiger partial charge on any atom is 0.237 e. The SMILES string of the molecule is CCC(C)CC(C)NC(C)C(=O)NC1CCCCC1. The predicted octanol–water partition coefficient (Wildman–Crippen LogP) is 3.24. The molecule has 112 valence electrons. The van der Waals surface area contributed by atoms with Gasteiger partial charge in [-0.3, -0.25) is 4.79 Å². The van der Waals surface area contributed by atoms with Crippen molar-refractivity contribution in [3.63, 3.8) is 0 Å². The topological polar surface area (TPSA) is 41.1 Å². The number of rotatable bonds is 7. The molecule has 19 heavy (non-hydrogen) atoms. The highest BCUT2D eigenvalue weighted by Crippen LogP contribution is 2.17. The largest absolute Gasteiger partial charge is 0.352 e. The Balaban J connectivity index is 2.27. The van der Waals surface area contributed by atoms with Crippen LogP contribution in [0, 0.1) is 5.92 Å². The summed E-state index contributed by atoms with van der Waals surface area (Å²) in [5.74, 6) is 0.888. The number of carbonyl (C=O) groups excluding carboxylic acids is 1. The molecule has 1 fully saturated rings. The zero-order valence-electron chi connectivity index (χ0n) is 13.2. The standard InChI is InChI=1S/C16H32N2O/c1-5-12(2)11-13(3)17-14(4)16(19)18-15-9-7-6-8-10-15/h12-15,17H,5-11H2,1-4H3,(H,18,19). The fraction of sp³-hybridized carbons (Fsp3) is 0.938. The fourth-order valence-corrected chi connectivity index (χ4v) is 2.91. The van der Waals surface area contributed by atoms with Crippen molar-refractivity contribution in [1.82, 2.24) is 10.6 Å². The molecule has 0 heterocycles. The quantitative estimate of drug-likeness (QED) is 0.744. The van der Waals surface area contributed by atoms with Gasteiger partial charge >= 0.3 is 0 Å². The summed E-state index contributed by atoms with van der Waals surface area (Å²) >= 11 is 0. The Morgan fingerprint density at radius 3 is 2.37 bits per heavy atom. The zero-order chi connectivity index (χ0) is 14.3. The lowest BCUT2D eigenvalue weighted by Gasteiger charge is -2.26. The normalized spacial score (nSPS) is 21.7. The Kier molecular flexibility index (Phi) is 7.44. The van der Waals surface area contributed by atoms with E-state index in [0.717, 1.165) is 25.2 Å². The molecule has 0 radical (unpaired) electrons. The predicted molar refractivity (Wildman–Crippen MR) is 81.1 cm³/mol. The molecule has 0 aromatic rings. The molecule has 1 saturated carbocycles. The molecule has 2 N–H and O–H groups in total. The molecule has 0 spiro atoms. The summed E-state index contributed by atoms with van der Waals surface area (Å²) in [7, 11) is 0. The highest BCUT2D eigenvalue weighted by Gasteiger charge is 2.20. The van der Waals surface area contributed by atoms with E-state index >= 15 is 0 Å². The van der Waals surface area contributed by atoms with E-state index in [1.165, 1.54) is 25.7 Å².